The third-order valence-corrected chi connectivity index (χ3v) is 6.69. The number of ketones is 1. The van der Waals surface area contributed by atoms with Gasteiger partial charge in [0.05, 0.1) is 6.42 Å². The van der Waals surface area contributed by atoms with E-state index in [4.69, 9.17) is 9.47 Å². The number of carbonyl (C=O) groups excluding carboxylic acids is 1. The van der Waals surface area contributed by atoms with Gasteiger partial charge in [0.15, 0.2) is 17.3 Å². The summed E-state index contributed by atoms with van der Waals surface area (Å²) < 4.78 is 12.4. The summed E-state index contributed by atoms with van der Waals surface area (Å²) in [6.07, 6.45) is 8.88. The van der Waals surface area contributed by atoms with E-state index in [1.165, 1.54) is 11.6 Å². The number of ether oxygens (including phenoxy) is 2. The van der Waals surface area contributed by atoms with Crippen molar-refractivity contribution in [2.45, 2.75) is 72.0 Å². The highest BCUT2D eigenvalue weighted by Crippen LogP contribution is 2.48. The molecule has 0 aromatic heterocycles. The van der Waals surface area contributed by atoms with Crippen LogP contribution in [0.25, 0.3) is 0 Å². The lowest BCUT2D eigenvalue weighted by molar-refractivity contribution is 0.0830. The van der Waals surface area contributed by atoms with Crippen molar-refractivity contribution < 1.29 is 29.6 Å². The van der Waals surface area contributed by atoms with Gasteiger partial charge in [0, 0.05) is 17.2 Å². The Morgan fingerprint density at radius 1 is 1.11 bits per heavy atom. The maximum Gasteiger partial charge on any atom is 0.174 e. The molecule has 6 nitrogen and oxygen atoms in total. The number of fused-ring (bicyclic) bond motifs is 2. The van der Waals surface area contributed by atoms with Gasteiger partial charge in [0.1, 0.15) is 34.5 Å². The Bertz CT molecular complexity index is 1290. The molecule has 2 aromatic rings. The molecule has 2 aliphatic rings. The molecular weight excluding hydrogens is 456 g/mol. The first-order chi connectivity index (χ1) is 17.0. The first kappa shape index (κ1) is 25.4. The van der Waals surface area contributed by atoms with Gasteiger partial charge in [-0.05, 0) is 71.6 Å². The fraction of sp³-hybridized carbons (Fsp3) is 0.367. The molecule has 4 rings (SSSR count). The molecule has 0 saturated carbocycles. The minimum Gasteiger partial charge on any atom is -0.507 e. The average Bonchev–Trinajstić information content (AvgIpc) is 2.78. The quantitative estimate of drug-likeness (QED) is 0.322. The van der Waals surface area contributed by atoms with E-state index in [0.717, 1.165) is 16.7 Å². The summed E-state index contributed by atoms with van der Waals surface area (Å²) >= 11 is 0. The Morgan fingerprint density at radius 2 is 1.86 bits per heavy atom. The topological polar surface area (TPSA) is 96.2 Å². The summed E-state index contributed by atoms with van der Waals surface area (Å²) in [6.45, 7) is 9.88. The van der Waals surface area contributed by atoms with Crippen molar-refractivity contribution in [3.63, 3.8) is 0 Å². The van der Waals surface area contributed by atoms with Gasteiger partial charge >= 0.3 is 0 Å². The van der Waals surface area contributed by atoms with Gasteiger partial charge in [-0.2, -0.15) is 0 Å². The van der Waals surface area contributed by atoms with Crippen LogP contribution in [0.1, 0.15) is 80.6 Å². The Hall–Kier alpha value is -3.67. The Labute approximate surface area is 212 Å². The van der Waals surface area contributed by atoms with Gasteiger partial charge in [-0.15, -0.1) is 0 Å². The van der Waals surface area contributed by atoms with Crippen LogP contribution in [0.3, 0.4) is 0 Å². The van der Waals surface area contributed by atoms with E-state index in [0.29, 0.717) is 30.6 Å². The first-order valence-corrected chi connectivity index (χ1v) is 12.3. The molecule has 190 valence electrons. The lowest BCUT2D eigenvalue weighted by Crippen LogP contribution is -2.35. The average molecular weight is 491 g/mol. The molecule has 0 fully saturated rings. The SMILES string of the molecule is CC(C)=C/C=C/[C@]1(C)CCc2c([C@@H]3CC(=O)c4c(cc(O)c(CC=C(C)C)c4O)O3)ccc(O)c2O1. The number of Topliss-reactive ketones (excluding diaryl/α,β-unsaturated/α-hetero) is 1. The molecule has 2 aliphatic heterocycles. The van der Waals surface area contributed by atoms with Crippen molar-refractivity contribution >= 4 is 5.78 Å². The van der Waals surface area contributed by atoms with Crippen molar-refractivity contribution in [1.82, 2.24) is 0 Å². The van der Waals surface area contributed by atoms with Gasteiger partial charge in [-0.25, -0.2) is 0 Å². The van der Waals surface area contributed by atoms with Crippen molar-refractivity contribution in [2.75, 3.05) is 0 Å². The van der Waals surface area contributed by atoms with Gasteiger partial charge in [0.2, 0.25) is 0 Å². The van der Waals surface area contributed by atoms with Crippen molar-refractivity contribution in [3.8, 4) is 28.7 Å². The maximum absolute atomic E-state index is 13.2. The van der Waals surface area contributed by atoms with Crippen LogP contribution in [0.2, 0.25) is 0 Å². The first-order valence-electron chi connectivity index (χ1n) is 12.3. The molecule has 36 heavy (non-hydrogen) atoms. The zero-order valence-corrected chi connectivity index (χ0v) is 21.5. The molecule has 0 unspecified atom stereocenters. The summed E-state index contributed by atoms with van der Waals surface area (Å²) in [6, 6.07) is 4.72. The monoisotopic (exact) mass is 490 g/mol. The van der Waals surface area contributed by atoms with Crippen LogP contribution < -0.4 is 9.47 Å². The van der Waals surface area contributed by atoms with Gasteiger partial charge in [-0.1, -0.05) is 35.4 Å². The smallest absolute Gasteiger partial charge is 0.174 e. The lowest BCUT2D eigenvalue weighted by atomic mass is 9.85. The van der Waals surface area contributed by atoms with E-state index in [1.807, 2.05) is 58.9 Å². The second-order valence-corrected chi connectivity index (χ2v) is 10.3. The largest absolute Gasteiger partial charge is 0.507 e. The Morgan fingerprint density at radius 3 is 2.56 bits per heavy atom. The van der Waals surface area contributed by atoms with Crippen LogP contribution >= 0.6 is 0 Å². The van der Waals surface area contributed by atoms with Gasteiger partial charge in [-0.3, -0.25) is 4.79 Å². The molecule has 0 spiro atoms. The second kappa shape index (κ2) is 9.76. The van der Waals surface area contributed by atoms with E-state index in [2.05, 4.69) is 0 Å². The fourth-order valence-corrected chi connectivity index (χ4v) is 4.70. The summed E-state index contributed by atoms with van der Waals surface area (Å²) in [5.41, 5.74) is 3.60. The maximum atomic E-state index is 13.2. The Kier molecular flexibility index (Phi) is 6.90. The highest BCUT2D eigenvalue weighted by Gasteiger charge is 2.37. The van der Waals surface area contributed by atoms with E-state index >= 15 is 0 Å². The molecule has 6 heteroatoms. The number of aromatic hydroxyl groups is 3. The molecule has 2 heterocycles. The number of hydrogen-bond donors (Lipinski definition) is 3. The van der Waals surface area contributed by atoms with Crippen LogP contribution in [0.4, 0.5) is 0 Å². The number of benzene rings is 2. The number of phenolic OH excluding ortho intramolecular Hbond substituents is 3. The van der Waals surface area contributed by atoms with E-state index in [9.17, 15) is 20.1 Å². The molecule has 3 N–H and O–H groups in total. The van der Waals surface area contributed by atoms with Crippen molar-refractivity contribution in [1.29, 1.82) is 0 Å². The molecule has 0 aliphatic carbocycles. The highest BCUT2D eigenvalue weighted by molar-refractivity contribution is 6.03. The van der Waals surface area contributed by atoms with Crippen molar-refractivity contribution in [3.05, 3.63) is 75.9 Å². The highest BCUT2D eigenvalue weighted by atomic mass is 16.5. The molecule has 2 aromatic carbocycles. The second-order valence-electron chi connectivity index (χ2n) is 10.3. The molecule has 0 radical (unpaired) electrons. The third-order valence-electron chi connectivity index (χ3n) is 6.69. The predicted octanol–water partition coefficient (Wildman–Crippen LogP) is 6.62. The fourth-order valence-electron chi connectivity index (χ4n) is 4.70. The molecule has 0 saturated heterocycles. The summed E-state index contributed by atoms with van der Waals surface area (Å²) in [5, 5.41) is 31.9. The van der Waals surface area contributed by atoms with E-state index < -0.39 is 11.7 Å². The van der Waals surface area contributed by atoms with E-state index in [1.54, 1.807) is 12.1 Å². The number of carbonyl (C=O) groups is 1. The molecule has 0 amide bonds. The number of hydrogen-bond acceptors (Lipinski definition) is 6. The number of allylic oxidation sites excluding steroid dienone is 5. The molecular formula is C30H34O6. The van der Waals surface area contributed by atoms with Crippen LogP contribution in [-0.2, 0) is 12.8 Å². The standard InChI is InChI=1S/C30H34O6/c1-17(2)7-6-13-30(5)14-12-20-19(10-11-22(31)29(20)36-30)25-16-24(33)27-26(35-25)15-23(32)21(28(27)34)9-8-18(3)4/h6-8,10-11,13,15,25,31-32,34H,9,12,14,16H2,1-5H3/b13-6+/t25-,30+/m0/s1. The molecule has 2 atom stereocenters. The van der Waals surface area contributed by atoms with Gasteiger partial charge in [0.25, 0.3) is 0 Å². The van der Waals surface area contributed by atoms with Crippen LogP contribution in [0, 0.1) is 0 Å². The summed E-state index contributed by atoms with van der Waals surface area (Å²) in [5.74, 6) is -0.0247. The summed E-state index contributed by atoms with van der Waals surface area (Å²) in [4.78, 5) is 13.2. The van der Waals surface area contributed by atoms with Crippen molar-refractivity contribution in [2.24, 2.45) is 0 Å². The minimum atomic E-state index is -0.629. The predicted molar refractivity (Wildman–Crippen MR) is 139 cm³/mol. The number of phenols is 3. The Balaban J connectivity index is 1.67. The van der Waals surface area contributed by atoms with Crippen LogP contribution in [0.5, 0.6) is 28.7 Å². The number of rotatable bonds is 5. The minimum absolute atomic E-state index is 0.0301. The van der Waals surface area contributed by atoms with Crippen LogP contribution in [-0.4, -0.2) is 26.7 Å². The van der Waals surface area contributed by atoms with Gasteiger partial charge < -0.3 is 24.8 Å². The van der Waals surface area contributed by atoms with E-state index in [-0.39, 0.29) is 40.8 Å². The lowest BCUT2D eigenvalue weighted by Gasteiger charge is -2.36. The summed E-state index contributed by atoms with van der Waals surface area (Å²) in [7, 11) is 0. The normalized spacial score (nSPS) is 20.7. The van der Waals surface area contributed by atoms with Crippen LogP contribution in [0.15, 0.2) is 53.6 Å². The zero-order chi connectivity index (χ0) is 26.2. The third kappa shape index (κ3) is 4.99. The zero-order valence-electron chi connectivity index (χ0n) is 21.5. The molecule has 0 bridgehead atoms.